The summed E-state index contributed by atoms with van der Waals surface area (Å²) in [6.07, 6.45) is 4.45. The van der Waals surface area contributed by atoms with E-state index in [4.69, 9.17) is 16.0 Å². The maximum absolute atomic E-state index is 5.79. The summed E-state index contributed by atoms with van der Waals surface area (Å²) in [5.74, 6) is 0. The van der Waals surface area contributed by atoms with Gasteiger partial charge in [0.1, 0.15) is 22.8 Å². The lowest BCUT2D eigenvalue weighted by atomic mass is 10.7. The van der Waals surface area contributed by atoms with Crippen molar-refractivity contribution in [1.29, 1.82) is 0 Å². The second kappa shape index (κ2) is 4.29. The van der Waals surface area contributed by atoms with Gasteiger partial charge in [0.05, 0.1) is 10.7 Å². The zero-order valence-corrected chi connectivity index (χ0v) is 9.80. The molecular formula is C7H3BrClN3OS. The highest BCUT2D eigenvalue weighted by Crippen LogP contribution is 2.33. The van der Waals surface area contributed by atoms with Gasteiger partial charge in [0.2, 0.25) is 0 Å². The van der Waals surface area contributed by atoms with Crippen LogP contribution in [0.2, 0.25) is 5.15 Å². The van der Waals surface area contributed by atoms with E-state index in [9.17, 15) is 0 Å². The van der Waals surface area contributed by atoms with E-state index in [1.54, 1.807) is 6.20 Å². The van der Waals surface area contributed by atoms with Crippen molar-refractivity contribution >= 4 is 39.3 Å². The van der Waals surface area contributed by atoms with Gasteiger partial charge in [-0.3, -0.25) is 0 Å². The molecule has 0 saturated carbocycles. The fraction of sp³-hybridized carbons (Fsp3) is 0. The molecule has 0 radical (unpaired) electrons. The Labute approximate surface area is 97.2 Å². The molecule has 0 aliphatic rings. The van der Waals surface area contributed by atoms with Crippen LogP contribution in [0, 0.1) is 0 Å². The zero-order valence-electron chi connectivity index (χ0n) is 6.65. The minimum atomic E-state index is 0.369. The summed E-state index contributed by atoms with van der Waals surface area (Å²) in [6.45, 7) is 0. The molecule has 0 saturated heterocycles. The van der Waals surface area contributed by atoms with E-state index in [1.165, 1.54) is 24.4 Å². The molecular weight excluding hydrogens is 290 g/mol. The van der Waals surface area contributed by atoms with Gasteiger partial charge in [-0.15, -0.1) is 0 Å². The lowest BCUT2D eigenvalue weighted by molar-refractivity contribution is 0.454. The molecule has 14 heavy (non-hydrogen) atoms. The quantitative estimate of drug-likeness (QED) is 0.796. The van der Waals surface area contributed by atoms with Gasteiger partial charge in [-0.05, 0) is 27.7 Å². The van der Waals surface area contributed by atoms with E-state index < -0.39 is 0 Å². The molecule has 2 rings (SSSR count). The second-order valence-electron chi connectivity index (χ2n) is 2.18. The standard InChI is InChI=1S/C7H3BrClN3OS/c8-4-5(9)11-3-12-6(4)14-7-10-1-2-13-7/h1-3H. The van der Waals surface area contributed by atoms with E-state index in [0.29, 0.717) is 19.9 Å². The predicted molar refractivity (Wildman–Crippen MR) is 55.4 cm³/mol. The van der Waals surface area contributed by atoms with Crippen LogP contribution in [0.1, 0.15) is 0 Å². The molecule has 0 bridgehead atoms. The lowest BCUT2D eigenvalue weighted by Crippen LogP contribution is -1.86. The molecule has 2 aromatic rings. The number of nitrogens with zero attached hydrogens (tertiary/aromatic N) is 3. The fourth-order valence-corrected chi connectivity index (χ4v) is 2.05. The summed E-state index contributed by atoms with van der Waals surface area (Å²) in [5, 5.41) is 1.56. The average Bonchev–Trinajstić information content (AvgIpc) is 2.66. The van der Waals surface area contributed by atoms with Crippen molar-refractivity contribution < 1.29 is 4.42 Å². The minimum Gasteiger partial charge on any atom is -0.440 e. The van der Waals surface area contributed by atoms with E-state index in [2.05, 4.69) is 30.9 Å². The zero-order chi connectivity index (χ0) is 9.97. The van der Waals surface area contributed by atoms with Gasteiger partial charge in [0.15, 0.2) is 0 Å². The van der Waals surface area contributed by atoms with Gasteiger partial charge in [0, 0.05) is 0 Å². The van der Waals surface area contributed by atoms with Gasteiger partial charge in [0.25, 0.3) is 5.22 Å². The summed E-state index contributed by atoms with van der Waals surface area (Å²) in [7, 11) is 0. The summed E-state index contributed by atoms with van der Waals surface area (Å²) < 4.78 is 5.70. The Morgan fingerprint density at radius 2 is 2.21 bits per heavy atom. The van der Waals surface area contributed by atoms with Gasteiger partial charge >= 0.3 is 0 Å². The second-order valence-corrected chi connectivity index (χ2v) is 4.27. The van der Waals surface area contributed by atoms with Crippen molar-refractivity contribution in [2.24, 2.45) is 0 Å². The van der Waals surface area contributed by atoms with Gasteiger partial charge in [-0.25, -0.2) is 15.0 Å². The monoisotopic (exact) mass is 291 g/mol. The SMILES string of the molecule is Clc1ncnc(Sc2ncco2)c1Br. The van der Waals surface area contributed by atoms with Crippen LogP contribution in [0.5, 0.6) is 0 Å². The van der Waals surface area contributed by atoms with Crippen molar-refractivity contribution in [3.63, 3.8) is 0 Å². The maximum atomic E-state index is 5.79. The molecule has 2 heterocycles. The molecule has 0 spiro atoms. The average molecular weight is 293 g/mol. The Bertz CT molecular complexity index is 437. The third-order valence-corrected chi connectivity index (χ3v) is 3.72. The number of halogens is 2. The van der Waals surface area contributed by atoms with Crippen LogP contribution >= 0.6 is 39.3 Å². The van der Waals surface area contributed by atoms with Crippen LogP contribution in [0.3, 0.4) is 0 Å². The number of oxazole rings is 1. The molecule has 0 atom stereocenters. The highest BCUT2D eigenvalue weighted by molar-refractivity contribution is 9.10. The van der Waals surface area contributed by atoms with Gasteiger partial charge in [-0.2, -0.15) is 0 Å². The molecule has 7 heteroatoms. The summed E-state index contributed by atoms with van der Waals surface area (Å²) in [6, 6.07) is 0. The molecule has 0 unspecified atom stereocenters. The maximum Gasteiger partial charge on any atom is 0.261 e. The molecule has 72 valence electrons. The Morgan fingerprint density at radius 1 is 1.36 bits per heavy atom. The molecule has 0 aliphatic heterocycles. The Morgan fingerprint density at radius 3 is 2.93 bits per heavy atom. The molecule has 4 nitrogen and oxygen atoms in total. The van der Waals surface area contributed by atoms with E-state index in [-0.39, 0.29) is 0 Å². The largest absolute Gasteiger partial charge is 0.440 e. The minimum absolute atomic E-state index is 0.369. The highest BCUT2D eigenvalue weighted by atomic mass is 79.9. The first-order chi connectivity index (χ1) is 6.77. The predicted octanol–water partition coefficient (Wildman–Crippen LogP) is 3.03. The third kappa shape index (κ3) is 2.08. The van der Waals surface area contributed by atoms with Gasteiger partial charge < -0.3 is 4.42 Å². The third-order valence-electron chi connectivity index (χ3n) is 1.31. The molecule has 0 aliphatic carbocycles. The normalized spacial score (nSPS) is 10.4. The fourth-order valence-electron chi connectivity index (χ4n) is 0.748. The van der Waals surface area contributed by atoms with Crippen molar-refractivity contribution in [2.45, 2.75) is 10.2 Å². The molecule has 2 aromatic heterocycles. The lowest BCUT2D eigenvalue weighted by Gasteiger charge is -1.99. The van der Waals surface area contributed by atoms with Crippen molar-refractivity contribution in [2.75, 3.05) is 0 Å². The van der Waals surface area contributed by atoms with Crippen LogP contribution in [-0.2, 0) is 0 Å². The summed E-state index contributed by atoms with van der Waals surface area (Å²) in [5.41, 5.74) is 0. The number of rotatable bonds is 2. The Hall–Kier alpha value is -0.590. The Balaban J connectivity index is 2.29. The van der Waals surface area contributed by atoms with Crippen molar-refractivity contribution in [3.8, 4) is 0 Å². The summed E-state index contributed by atoms with van der Waals surface area (Å²) >= 11 is 10.3. The molecule has 0 N–H and O–H groups in total. The first kappa shape index (κ1) is 9.95. The molecule has 0 fully saturated rings. The molecule has 0 aromatic carbocycles. The first-order valence-corrected chi connectivity index (χ1v) is 5.49. The summed E-state index contributed by atoms with van der Waals surface area (Å²) in [4.78, 5) is 11.8. The van der Waals surface area contributed by atoms with Crippen molar-refractivity contribution in [3.05, 3.63) is 28.4 Å². The first-order valence-electron chi connectivity index (χ1n) is 3.50. The van der Waals surface area contributed by atoms with Gasteiger partial charge in [-0.1, -0.05) is 11.6 Å². The number of hydrogen-bond acceptors (Lipinski definition) is 5. The number of aromatic nitrogens is 3. The Kier molecular flexibility index (Phi) is 3.05. The van der Waals surface area contributed by atoms with Crippen molar-refractivity contribution in [1.82, 2.24) is 15.0 Å². The van der Waals surface area contributed by atoms with E-state index >= 15 is 0 Å². The topological polar surface area (TPSA) is 51.8 Å². The van der Waals surface area contributed by atoms with E-state index in [0.717, 1.165) is 0 Å². The van der Waals surface area contributed by atoms with Crippen LogP contribution in [0.4, 0.5) is 0 Å². The van der Waals surface area contributed by atoms with Crippen LogP contribution < -0.4 is 0 Å². The number of hydrogen-bond donors (Lipinski definition) is 0. The highest BCUT2D eigenvalue weighted by Gasteiger charge is 2.10. The van der Waals surface area contributed by atoms with E-state index in [1.807, 2.05) is 0 Å². The smallest absolute Gasteiger partial charge is 0.261 e. The van der Waals surface area contributed by atoms with Crippen LogP contribution in [-0.4, -0.2) is 15.0 Å². The van der Waals surface area contributed by atoms with Crippen LogP contribution in [0.25, 0.3) is 0 Å². The molecule has 0 amide bonds. The van der Waals surface area contributed by atoms with Crippen LogP contribution in [0.15, 0.2) is 37.9 Å².